The number of halogens is 1. The molecule has 0 radical (unpaired) electrons. The van der Waals surface area contributed by atoms with Crippen molar-refractivity contribution in [3.05, 3.63) is 28.2 Å². The monoisotopic (exact) mass is 407 g/mol. The smallest absolute Gasteiger partial charge is 0.252 e. The molecule has 4 aliphatic rings. The third kappa shape index (κ3) is 2.89. The average Bonchev–Trinajstić information content (AvgIpc) is 2.61. The van der Waals surface area contributed by atoms with Crippen LogP contribution < -0.4 is 10.1 Å². The van der Waals surface area contributed by atoms with Gasteiger partial charge in [-0.3, -0.25) is 4.79 Å². The lowest BCUT2D eigenvalue weighted by Crippen LogP contribution is -2.63. The van der Waals surface area contributed by atoms with Crippen molar-refractivity contribution in [2.24, 2.45) is 23.7 Å². The second-order valence-corrected chi connectivity index (χ2v) is 8.85. The van der Waals surface area contributed by atoms with Gasteiger partial charge in [0, 0.05) is 18.1 Å². The van der Waals surface area contributed by atoms with Gasteiger partial charge in [-0.1, -0.05) is 0 Å². The van der Waals surface area contributed by atoms with Crippen molar-refractivity contribution >= 4 is 21.8 Å². The van der Waals surface area contributed by atoms with Crippen LogP contribution in [0.15, 0.2) is 22.7 Å². The van der Waals surface area contributed by atoms with Gasteiger partial charge in [0.15, 0.2) is 0 Å². The molecule has 4 saturated carbocycles. The first-order valence-electron chi connectivity index (χ1n) is 9.22. The van der Waals surface area contributed by atoms with E-state index < -0.39 is 0 Å². The van der Waals surface area contributed by atoms with Crippen molar-refractivity contribution in [1.29, 1.82) is 0 Å². The molecule has 25 heavy (non-hydrogen) atoms. The Morgan fingerprint density at radius 2 is 1.80 bits per heavy atom. The summed E-state index contributed by atoms with van der Waals surface area (Å²) >= 11 is 3.47. The number of amides is 1. The van der Waals surface area contributed by atoms with Crippen LogP contribution in [0.3, 0.4) is 0 Å². The molecule has 0 atom stereocenters. The lowest BCUT2D eigenvalue weighted by atomic mass is 9.49. The van der Waals surface area contributed by atoms with Gasteiger partial charge in [0.2, 0.25) is 0 Å². The van der Waals surface area contributed by atoms with Crippen molar-refractivity contribution in [2.75, 3.05) is 20.8 Å². The van der Waals surface area contributed by atoms with Gasteiger partial charge in [-0.25, -0.2) is 0 Å². The van der Waals surface area contributed by atoms with E-state index in [4.69, 9.17) is 9.47 Å². The minimum Gasteiger partial charge on any atom is -0.497 e. The fraction of sp³-hybridized carbons (Fsp3) is 0.650. The zero-order chi connectivity index (χ0) is 17.6. The van der Waals surface area contributed by atoms with Gasteiger partial charge in [0.05, 0.1) is 18.3 Å². The van der Waals surface area contributed by atoms with Crippen molar-refractivity contribution in [3.8, 4) is 5.75 Å². The Morgan fingerprint density at radius 1 is 1.16 bits per heavy atom. The van der Waals surface area contributed by atoms with Crippen molar-refractivity contribution in [2.45, 2.75) is 37.7 Å². The first-order valence-corrected chi connectivity index (χ1v) is 10.0. The molecule has 136 valence electrons. The Balaban J connectivity index is 1.51. The number of hydrogen-bond acceptors (Lipinski definition) is 3. The third-order valence-electron chi connectivity index (χ3n) is 6.84. The zero-order valence-corrected chi connectivity index (χ0v) is 16.5. The van der Waals surface area contributed by atoms with E-state index in [1.165, 1.54) is 32.1 Å². The minimum atomic E-state index is -0.186. The topological polar surface area (TPSA) is 47.6 Å². The zero-order valence-electron chi connectivity index (χ0n) is 14.9. The summed E-state index contributed by atoms with van der Waals surface area (Å²) in [5.41, 5.74) is 0.420. The Hall–Kier alpha value is -1.07. The molecule has 1 aromatic carbocycles. The van der Waals surface area contributed by atoms with Gasteiger partial charge < -0.3 is 14.8 Å². The summed E-state index contributed by atoms with van der Waals surface area (Å²) in [6.45, 7) is 0.598. The highest BCUT2D eigenvalue weighted by atomic mass is 79.9. The first-order chi connectivity index (χ1) is 12.1. The second kappa shape index (κ2) is 6.58. The Kier molecular flexibility index (Phi) is 4.57. The number of ether oxygens (including phenoxy) is 2. The number of carbonyl (C=O) groups is 1. The van der Waals surface area contributed by atoms with Crippen LogP contribution >= 0.6 is 15.9 Å². The lowest BCUT2D eigenvalue weighted by Gasteiger charge is -2.60. The van der Waals surface area contributed by atoms with Crippen LogP contribution in [0.25, 0.3) is 0 Å². The second-order valence-electron chi connectivity index (χ2n) is 7.99. The van der Waals surface area contributed by atoms with E-state index >= 15 is 0 Å². The molecular formula is C20H26BrNO3. The molecule has 4 fully saturated rings. The highest BCUT2D eigenvalue weighted by molar-refractivity contribution is 9.10. The van der Waals surface area contributed by atoms with Crippen molar-refractivity contribution in [3.63, 3.8) is 0 Å². The van der Waals surface area contributed by atoms with E-state index in [2.05, 4.69) is 21.2 Å². The van der Waals surface area contributed by atoms with Gasteiger partial charge in [0.25, 0.3) is 5.91 Å². The summed E-state index contributed by atoms with van der Waals surface area (Å²) in [4.78, 5) is 12.8. The SMILES string of the molecule is COc1ccc(Br)c(C(=O)NCC2(OC)C3CC4CC(C3)CC2C4)c1. The fourth-order valence-corrected chi connectivity index (χ4v) is 6.22. The van der Waals surface area contributed by atoms with Crippen molar-refractivity contribution < 1.29 is 14.3 Å². The van der Waals surface area contributed by atoms with Crippen LogP contribution in [0, 0.1) is 23.7 Å². The Labute approximate surface area is 157 Å². The maximum atomic E-state index is 12.8. The van der Waals surface area contributed by atoms with Crippen LogP contribution in [-0.4, -0.2) is 32.3 Å². The van der Waals surface area contributed by atoms with Gasteiger partial charge >= 0.3 is 0 Å². The number of carbonyl (C=O) groups excluding carboxylic acids is 1. The first kappa shape index (κ1) is 17.3. The molecule has 1 N–H and O–H groups in total. The summed E-state index contributed by atoms with van der Waals surface area (Å²) < 4.78 is 12.2. The normalized spacial score (nSPS) is 35.6. The molecule has 5 rings (SSSR count). The molecule has 0 saturated heterocycles. The van der Waals surface area contributed by atoms with Gasteiger partial charge in [-0.05, 0) is 89.9 Å². The van der Waals surface area contributed by atoms with Crippen LogP contribution in [0.5, 0.6) is 5.75 Å². The Bertz CT molecular complexity index is 647. The predicted octanol–water partition coefficient (Wildman–Crippen LogP) is 4.03. The molecule has 0 spiro atoms. The quantitative estimate of drug-likeness (QED) is 0.801. The molecule has 4 aliphatic carbocycles. The minimum absolute atomic E-state index is 0.0731. The van der Waals surface area contributed by atoms with E-state index in [9.17, 15) is 4.79 Å². The van der Waals surface area contributed by atoms with Gasteiger partial charge in [0.1, 0.15) is 5.75 Å². The number of methoxy groups -OCH3 is 2. The number of rotatable bonds is 5. The maximum absolute atomic E-state index is 12.8. The third-order valence-corrected chi connectivity index (χ3v) is 7.54. The van der Waals surface area contributed by atoms with Gasteiger partial charge in [-0.2, -0.15) is 0 Å². The summed E-state index contributed by atoms with van der Waals surface area (Å²) in [5, 5.41) is 3.16. The molecule has 4 bridgehead atoms. The standard InChI is InChI=1S/C20H26BrNO3/c1-24-16-3-4-18(21)17(10-16)19(23)22-11-20(25-2)14-6-12-5-13(8-14)9-15(20)7-12/h3-4,10,12-15H,5-9,11H2,1-2H3,(H,22,23). The molecular weight excluding hydrogens is 382 g/mol. The van der Waals surface area contributed by atoms with Crippen molar-refractivity contribution in [1.82, 2.24) is 5.32 Å². The molecule has 0 heterocycles. The summed E-state index contributed by atoms with van der Waals surface area (Å²) in [6, 6.07) is 5.47. The summed E-state index contributed by atoms with van der Waals surface area (Å²) in [5.74, 6) is 3.55. The molecule has 1 aromatic rings. The van der Waals surface area contributed by atoms with E-state index in [1.807, 2.05) is 19.2 Å². The van der Waals surface area contributed by atoms with Crippen LogP contribution in [0.4, 0.5) is 0 Å². The summed E-state index contributed by atoms with van der Waals surface area (Å²) in [7, 11) is 3.44. The van der Waals surface area contributed by atoms with Gasteiger partial charge in [-0.15, -0.1) is 0 Å². The molecule has 4 nitrogen and oxygen atoms in total. The average molecular weight is 408 g/mol. The largest absolute Gasteiger partial charge is 0.497 e. The fourth-order valence-electron chi connectivity index (χ4n) is 5.80. The highest BCUT2D eigenvalue weighted by Gasteiger charge is 2.57. The van der Waals surface area contributed by atoms with E-state index in [1.54, 1.807) is 13.2 Å². The highest BCUT2D eigenvalue weighted by Crippen LogP contribution is 2.59. The molecule has 0 unspecified atom stereocenters. The molecule has 0 aliphatic heterocycles. The van der Waals surface area contributed by atoms with Crippen LogP contribution in [0.2, 0.25) is 0 Å². The van der Waals surface area contributed by atoms with E-state index in [0.717, 1.165) is 16.3 Å². The maximum Gasteiger partial charge on any atom is 0.252 e. The summed E-state index contributed by atoms with van der Waals surface area (Å²) in [6.07, 6.45) is 6.47. The van der Waals surface area contributed by atoms with Crippen LogP contribution in [-0.2, 0) is 4.74 Å². The number of hydrogen-bond donors (Lipinski definition) is 1. The number of nitrogens with one attached hydrogen (secondary N) is 1. The number of benzene rings is 1. The van der Waals surface area contributed by atoms with E-state index in [0.29, 0.717) is 29.7 Å². The Morgan fingerprint density at radius 3 is 2.36 bits per heavy atom. The van der Waals surface area contributed by atoms with Crippen LogP contribution in [0.1, 0.15) is 42.5 Å². The predicted molar refractivity (Wildman–Crippen MR) is 99.8 cm³/mol. The molecule has 5 heteroatoms. The van der Waals surface area contributed by atoms with E-state index in [-0.39, 0.29) is 11.5 Å². The molecule has 0 aromatic heterocycles. The lowest BCUT2D eigenvalue weighted by molar-refractivity contribution is -0.186. The molecule has 1 amide bonds.